The number of nitrogens with zero attached hydrogens (tertiary/aromatic N) is 1. The predicted molar refractivity (Wildman–Crippen MR) is 71.6 cm³/mol. The van der Waals surface area contributed by atoms with Crippen molar-refractivity contribution in [3.05, 3.63) is 0 Å². The molecular formula is C14H26N2O2. The number of rotatable bonds is 1. The van der Waals surface area contributed by atoms with Gasteiger partial charge in [-0.3, -0.25) is 4.90 Å². The van der Waals surface area contributed by atoms with Gasteiger partial charge in [-0.15, -0.1) is 0 Å². The Morgan fingerprint density at radius 1 is 1.17 bits per heavy atom. The van der Waals surface area contributed by atoms with Crippen molar-refractivity contribution in [2.24, 2.45) is 0 Å². The van der Waals surface area contributed by atoms with Gasteiger partial charge in [0.1, 0.15) is 5.60 Å². The van der Waals surface area contributed by atoms with E-state index in [1.807, 2.05) is 20.8 Å². The fourth-order valence-electron chi connectivity index (χ4n) is 3.08. The Morgan fingerprint density at radius 2 is 1.89 bits per heavy atom. The Labute approximate surface area is 110 Å². The smallest absolute Gasteiger partial charge is 0.407 e. The van der Waals surface area contributed by atoms with Crippen LogP contribution in [0.4, 0.5) is 4.79 Å². The highest BCUT2D eigenvalue weighted by atomic mass is 16.6. The minimum atomic E-state index is -0.412. The molecule has 2 heterocycles. The minimum Gasteiger partial charge on any atom is -0.444 e. The van der Waals surface area contributed by atoms with Gasteiger partial charge in [0.05, 0.1) is 0 Å². The molecule has 4 heteroatoms. The number of alkyl carbamates (subject to hydrolysis) is 1. The van der Waals surface area contributed by atoms with Crippen molar-refractivity contribution in [3.8, 4) is 0 Å². The Hall–Kier alpha value is -0.770. The highest BCUT2D eigenvalue weighted by Gasteiger charge is 2.34. The molecule has 2 aliphatic heterocycles. The van der Waals surface area contributed by atoms with E-state index in [2.05, 4.69) is 10.2 Å². The Morgan fingerprint density at radius 3 is 2.61 bits per heavy atom. The molecule has 2 atom stereocenters. The van der Waals surface area contributed by atoms with Crippen LogP contribution in [0.15, 0.2) is 0 Å². The quantitative estimate of drug-likeness (QED) is 0.782. The van der Waals surface area contributed by atoms with Crippen molar-refractivity contribution in [1.82, 2.24) is 10.2 Å². The maximum Gasteiger partial charge on any atom is 0.407 e. The first-order chi connectivity index (χ1) is 8.46. The van der Waals surface area contributed by atoms with E-state index in [-0.39, 0.29) is 12.1 Å². The van der Waals surface area contributed by atoms with Crippen molar-refractivity contribution in [2.45, 2.75) is 70.6 Å². The molecule has 4 nitrogen and oxygen atoms in total. The van der Waals surface area contributed by atoms with Gasteiger partial charge in [-0.05, 0) is 59.5 Å². The fourth-order valence-corrected chi connectivity index (χ4v) is 3.08. The Balaban J connectivity index is 1.89. The number of carbonyl (C=O) groups is 1. The lowest BCUT2D eigenvalue weighted by atomic mass is 9.89. The summed E-state index contributed by atoms with van der Waals surface area (Å²) < 4.78 is 5.35. The summed E-state index contributed by atoms with van der Waals surface area (Å²) >= 11 is 0. The molecule has 1 N–H and O–H groups in total. The number of ether oxygens (including phenoxy) is 1. The van der Waals surface area contributed by atoms with Gasteiger partial charge in [0.2, 0.25) is 0 Å². The van der Waals surface area contributed by atoms with Gasteiger partial charge in [-0.2, -0.15) is 0 Å². The van der Waals surface area contributed by atoms with E-state index < -0.39 is 5.60 Å². The molecule has 0 aliphatic carbocycles. The topological polar surface area (TPSA) is 41.6 Å². The summed E-state index contributed by atoms with van der Waals surface area (Å²) in [5.74, 6) is 0. The summed E-state index contributed by atoms with van der Waals surface area (Å²) in [6, 6.07) is 0.800. The molecule has 2 rings (SSSR count). The number of carbonyl (C=O) groups excluding carboxylic acids is 1. The van der Waals surface area contributed by atoms with E-state index in [0.29, 0.717) is 6.04 Å². The molecule has 2 fully saturated rings. The first-order valence-electron chi connectivity index (χ1n) is 7.19. The van der Waals surface area contributed by atoms with Gasteiger partial charge in [-0.25, -0.2) is 4.79 Å². The number of nitrogens with one attached hydrogen (secondary N) is 1. The van der Waals surface area contributed by atoms with Crippen molar-refractivity contribution in [3.63, 3.8) is 0 Å². The second-order valence-electron chi connectivity index (χ2n) is 6.49. The van der Waals surface area contributed by atoms with Gasteiger partial charge in [-0.1, -0.05) is 6.42 Å². The Bertz CT molecular complexity index is 297. The van der Waals surface area contributed by atoms with Gasteiger partial charge >= 0.3 is 6.09 Å². The first-order valence-corrected chi connectivity index (χ1v) is 7.19. The van der Waals surface area contributed by atoms with E-state index in [4.69, 9.17) is 4.74 Å². The van der Waals surface area contributed by atoms with E-state index >= 15 is 0 Å². The molecule has 0 radical (unpaired) electrons. The summed E-state index contributed by atoms with van der Waals surface area (Å²) in [5, 5.41) is 3.07. The maximum atomic E-state index is 11.8. The van der Waals surface area contributed by atoms with Crippen molar-refractivity contribution >= 4 is 6.09 Å². The summed E-state index contributed by atoms with van der Waals surface area (Å²) in [4.78, 5) is 14.4. The van der Waals surface area contributed by atoms with Crippen molar-refractivity contribution < 1.29 is 9.53 Å². The van der Waals surface area contributed by atoms with Crippen LogP contribution >= 0.6 is 0 Å². The van der Waals surface area contributed by atoms with Crippen LogP contribution in [0.3, 0.4) is 0 Å². The third-order valence-corrected chi connectivity index (χ3v) is 3.79. The normalized spacial score (nSPS) is 29.5. The van der Waals surface area contributed by atoms with Crippen LogP contribution in [0, 0.1) is 0 Å². The second-order valence-corrected chi connectivity index (χ2v) is 6.49. The van der Waals surface area contributed by atoms with Gasteiger partial charge in [0, 0.05) is 12.1 Å². The third-order valence-electron chi connectivity index (χ3n) is 3.79. The minimum absolute atomic E-state index is 0.264. The van der Waals surface area contributed by atoms with Gasteiger partial charge in [0.25, 0.3) is 0 Å². The lowest BCUT2D eigenvalue weighted by Gasteiger charge is -2.44. The lowest BCUT2D eigenvalue weighted by molar-refractivity contribution is 0.0353. The molecule has 2 saturated heterocycles. The summed E-state index contributed by atoms with van der Waals surface area (Å²) in [6.07, 6.45) is 5.79. The van der Waals surface area contributed by atoms with Crippen molar-refractivity contribution in [1.29, 1.82) is 0 Å². The van der Waals surface area contributed by atoms with Gasteiger partial charge in [0.15, 0.2) is 0 Å². The maximum absolute atomic E-state index is 11.8. The van der Waals surface area contributed by atoms with E-state index in [0.717, 1.165) is 6.42 Å². The van der Waals surface area contributed by atoms with Crippen LogP contribution in [0.2, 0.25) is 0 Å². The average Bonchev–Trinajstić information content (AvgIpc) is 2.27. The molecule has 18 heavy (non-hydrogen) atoms. The Kier molecular flexibility index (Phi) is 4.15. The molecule has 1 amide bonds. The van der Waals surface area contributed by atoms with E-state index in [1.165, 1.54) is 38.8 Å². The fraction of sp³-hybridized carbons (Fsp3) is 0.929. The number of amides is 1. The van der Waals surface area contributed by atoms with Crippen LogP contribution in [-0.2, 0) is 4.74 Å². The van der Waals surface area contributed by atoms with Crippen molar-refractivity contribution in [2.75, 3.05) is 13.1 Å². The predicted octanol–water partition coefficient (Wildman–Crippen LogP) is 2.53. The molecule has 0 aromatic heterocycles. The zero-order chi connectivity index (χ0) is 13.2. The van der Waals surface area contributed by atoms with Crippen LogP contribution in [0.1, 0.15) is 52.9 Å². The zero-order valence-electron chi connectivity index (χ0n) is 11.9. The molecule has 0 aromatic carbocycles. The molecule has 0 saturated carbocycles. The number of hydrogen-bond acceptors (Lipinski definition) is 3. The highest BCUT2D eigenvalue weighted by Crippen LogP contribution is 2.26. The second kappa shape index (κ2) is 5.47. The van der Waals surface area contributed by atoms with E-state index in [9.17, 15) is 4.79 Å². The van der Waals surface area contributed by atoms with E-state index in [1.54, 1.807) is 0 Å². The highest BCUT2D eigenvalue weighted by molar-refractivity contribution is 5.68. The summed E-state index contributed by atoms with van der Waals surface area (Å²) in [7, 11) is 0. The number of fused-ring (bicyclic) bond motifs is 1. The molecule has 0 bridgehead atoms. The monoisotopic (exact) mass is 254 g/mol. The van der Waals surface area contributed by atoms with Gasteiger partial charge < -0.3 is 10.1 Å². The lowest BCUT2D eigenvalue weighted by Crippen LogP contribution is -2.57. The van der Waals surface area contributed by atoms with Crippen LogP contribution in [0.5, 0.6) is 0 Å². The molecule has 104 valence electrons. The SMILES string of the molecule is CC(C)(C)OC(=O)N[C@@H]1CCCN2CCCC[C@H]12. The molecular weight excluding hydrogens is 228 g/mol. The number of piperidine rings is 2. The molecule has 2 aliphatic rings. The molecule has 0 unspecified atom stereocenters. The van der Waals surface area contributed by atoms with Crippen LogP contribution in [-0.4, -0.2) is 41.8 Å². The summed E-state index contributed by atoms with van der Waals surface area (Å²) in [5.41, 5.74) is -0.412. The number of hydrogen-bond donors (Lipinski definition) is 1. The molecule has 0 aromatic rings. The first kappa shape index (κ1) is 13.7. The standard InChI is InChI=1S/C14H26N2O2/c1-14(2,3)18-13(17)15-11-7-6-10-16-9-5-4-8-12(11)16/h11-12H,4-10H2,1-3H3,(H,15,17)/t11-,12-/m1/s1. The summed E-state index contributed by atoms with van der Waals surface area (Å²) in [6.45, 7) is 8.09. The largest absolute Gasteiger partial charge is 0.444 e. The molecule has 0 spiro atoms. The van der Waals surface area contributed by atoms with Crippen LogP contribution < -0.4 is 5.32 Å². The average molecular weight is 254 g/mol. The zero-order valence-corrected chi connectivity index (χ0v) is 11.9. The van der Waals surface area contributed by atoms with Crippen LogP contribution in [0.25, 0.3) is 0 Å². The third kappa shape index (κ3) is 3.61.